The van der Waals surface area contributed by atoms with E-state index in [-0.39, 0.29) is 16.9 Å². The van der Waals surface area contributed by atoms with Crippen LogP contribution in [0.25, 0.3) is 22.8 Å². The highest BCUT2D eigenvalue weighted by Gasteiger charge is 2.12. The average Bonchev–Trinajstić information content (AvgIpc) is 2.83. The van der Waals surface area contributed by atoms with Crippen molar-refractivity contribution >= 4 is 11.7 Å². The van der Waals surface area contributed by atoms with Gasteiger partial charge in [0.15, 0.2) is 11.7 Å². The first-order valence-electron chi connectivity index (χ1n) is 10.8. The molecule has 164 valence electrons. The summed E-state index contributed by atoms with van der Waals surface area (Å²) in [5.74, 6) is -2.08. The Bertz CT molecular complexity index is 1100. The van der Waals surface area contributed by atoms with E-state index in [2.05, 4.69) is 12.7 Å². The largest absolute Gasteiger partial charge is 0.207 e. The zero-order chi connectivity index (χ0) is 22.9. The summed E-state index contributed by atoms with van der Waals surface area (Å²) in [6, 6.07) is 18.3. The van der Waals surface area contributed by atoms with Gasteiger partial charge in [0.2, 0.25) is 0 Å². The molecule has 32 heavy (non-hydrogen) atoms. The number of halogens is 3. The van der Waals surface area contributed by atoms with Crippen molar-refractivity contribution in [3.8, 4) is 11.1 Å². The number of benzene rings is 3. The monoisotopic (exact) mass is 432 g/mol. The third kappa shape index (κ3) is 5.88. The third-order valence-corrected chi connectivity index (χ3v) is 5.38. The number of hydrogen-bond donors (Lipinski definition) is 0. The van der Waals surface area contributed by atoms with Crippen molar-refractivity contribution in [2.75, 3.05) is 0 Å². The summed E-state index contributed by atoms with van der Waals surface area (Å²) >= 11 is 0. The van der Waals surface area contributed by atoms with Gasteiger partial charge in [0.25, 0.3) is 0 Å². The smallest absolute Gasteiger partial charge is 0.166 e. The lowest BCUT2D eigenvalue weighted by molar-refractivity contribution is 0.610. The van der Waals surface area contributed by atoms with Crippen molar-refractivity contribution in [1.29, 1.82) is 0 Å². The number of aryl methyl sites for hydroxylation is 2. The highest BCUT2D eigenvalue weighted by atomic mass is 19.2. The van der Waals surface area contributed by atoms with Gasteiger partial charge in [-0.05, 0) is 60.9 Å². The van der Waals surface area contributed by atoms with E-state index < -0.39 is 11.7 Å². The number of allylic oxidation sites excluding steroid dienone is 3. The Hall–Kier alpha value is -3.33. The van der Waals surface area contributed by atoms with Gasteiger partial charge in [0.05, 0.1) is 0 Å². The minimum absolute atomic E-state index is 0.145. The molecule has 0 N–H and O–H groups in total. The number of rotatable bonds is 9. The molecule has 0 saturated carbocycles. The van der Waals surface area contributed by atoms with Crippen molar-refractivity contribution in [3.05, 3.63) is 120 Å². The van der Waals surface area contributed by atoms with Gasteiger partial charge in [-0.15, -0.1) is 6.58 Å². The van der Waals surface area contributed by atoms with Gasteiger partial charge >= 0.3 is 0 Å². The maximum Gasteiger partial charge on any atom is 0.166 e. The topological polar surface area (TPSA) is 0 Å². The van der Waals surface area contributed by atoms with Gasteiger partial charge in [-0.3, -0.25) is 0 Å². The van der Waals surface area contributed by atoms with Crippen LogP contribution in [0.5, 0.6) is 0 Å². The SMILES string of the molecule is C=CCCc1ccc(-c2ccc(/C(F)=C(\F)c3ccc(CC/C=C/C)cc3)cc2)cc1F. The lowest BCUT2D eigenvalue weighted by Crippen LogP contribution is -1.91. The summed E-state index contributed by atoms with van der Waals surface area (Å²) < 4.78 is 43.8. The molecule has 0 heterocycles. The first-order valence-corrected chi connectivity index (χ1v) is 10.8. The maximum atomic E-state index is 14.8. The van der Waals surface area contributed by atoms with Crippen molar-refractivity contribution in [2.45, 2.75) is 32.6 Å². The Labute approximate surface area is 188 Å². The van der Waals surface area contributed by atoms with Crippen LogP contribution in [0.3, 0.4) is 0 Å². The predicted molar refractivity (Wildman–Crippen MR) is 129 cm³/mol. The summed E-state index contributed by atoms with van der Waals surface area (Å²) in [5.41, 5.74) is 3.49. The Morgan fingerprint density at radius 2 is 1.38 bits per heavy atom. The zero-order valence-electron chi connectivity index (χ0n) is 18.3. The van der Waals surface area contributed by atoms with Crippen molar-refractivity contribution in [1.82, 2.24) is 0 Å². The minimum Gasteiger partial charge on any atom is -0.207 e. The molecule has 0 fully saturated rings. The van der Waals surface area contributed by atoms with Crippen LogP contribution in [0.1, 0.15) is 42.0 Å². The van der Waals surface area contributed by atoms with Crippen LogP contribution < -0.4 is 0 Å². The second kappa shape index (κ2) is 11.3. The van der Waals surface area contributed by atoms with Gasteiger partial charge in [0.1, 0.15) is 5.82 Å². The molecular weight excluding hydrogens is 405 g/mol. The number of hydrogen-bond acceptors (Lipinski definition) is 0. The quantitative estimate of drug-likeness (QED) is 0.234. The van der Waals surface area contributed by atoms with Crippen LogP contribution in [0.4, 0.5) is 13.2 Å². The van der Waals surface area contributed by atoms with Crippen LogP contribution in [-0.4, -0.2) is 0 Å². The highest BCUT2D eigenvalue weighted by Crippen LogP contribution is 2.31. The predicted octanol–water partition coefficient (Wildman–Crippen LogP) is 8.88. The molecule has 0 bridgehead atoms. The molecule has 0 nitrogen and oxygen atoms in total. The molecule has 0 saturated heterocycles. The summed E-state index contributed by atoms with van der Waals surface area (Å²) in [7, 11) is 0. The molecule has 3 aromatic carbocycles. The maximum absolute atomic E-state index is 14.8. The molecule has 3 rings (SSSR count). The lowest BCUT2D eigenvalue weighted by atomic mass is 9.99. The Morgan fingerprint density at radius 1 is 0.781 bits per heavy atom. The van der Waals surface area contributed by atoms with Crippen molar-refractivity contribution in [2.24, 2.45) is 0 Å². The van der Waals surface area contributed by atoms with E-state index in [1.807, 2.05) is 31.2 Å². The molecule has 0 atom stereocenters. The molecule has 0 spiro atoms. The van der Waals surface area contributed by atoms with E-state index >= 15 is 0 Å². The Balaban J connectivity index is 1.76. The molecular formula is C29H27F3. The highest BCUT2D eigenvalue weighted by molar-refractivity contribution is 5.83. The Kier molecular flexibility index (Phi) is 8.27. The van der Waals surface area contributed by atoms with Crippen molar-refractivity contribution in [3.63, 3.8) is 0 Å². The fourth-order valence-electron chi connectivity index (χ4n) is 3.48. The zero-order valence-corrected chi connectivity index (χ0v) is 18.3. The fraction of sp³-hybridized carbons (Fsp3) is 0.172. The molecule has 3 heteroatoms. The lowest BCUT2D eigenvalue weighted by Gasteiger charge is -2.08. The molecule has 0 aliphatic rings. The van der Waals surface area contributed by atoms with E-state index in [0.717, 1.165) is 24.0 Å². The van der Waals surface area contributed by atoms with Gasteiger partial charge in [0, 0.05) is 11.1 Å². The molecule has 0 aromatic heterocycles. The molecule has 3 aromatic rings. The van der Waals surface area contributed by atoms with Crippen LogP contribution in [0.15, 0.2) is 91.5 Å². The molecule has 0 unspecified atom stereocenters. The summed E-state index contributed by atoms with van der Waals surface area (Å²) in [5, 5.41) is 0. The van der Waals surface area contributed by atoms with Crippen LogP contribution in [-0.2, 0) is 12.8 Å². The second-order valence-corrected chi connectivity index (χ2v) is 7.64. The van der Waals surface area contributed by atoms with Crippen LogP contribution in [0.2, 0.25) is 0 Å². The first-order chi connectivity index (χ1) is 15.5. The van der Waals surface area contributed by atoms with Crippen molar-refractivity contribution < 1.29 is 13.2 Å². The van der Waals surface area contributed by atoms with Crippen LogP contribution in [0, 0.1) is 5.82 Å². The normalized spacial score (nSPS) is 12.1. The van der Waals surface area contributed by atoms with Gasteiger partial charge in [-0.1, -0.05) is 78.9 Å². The standard InChI is InChI=1S/C29H27F3/c1-3-5-7-8-21-10-12-24(13-11-21)28(31)29(32)25-17-14-22(15-18-25)26-19-16-23(9-6-4-2)27(30)20-26/h3-5,10-20H,2,6-9H2,1H3/b5-3+,29-28+. The summed E-state index contributed by atoms with van der Waals surface area (Å²) in [6.45, 7) is 5.63. The fourth-order valence-corrected chi connectivity index (χ4v) is 3.48. The van der Waals surface area contributed by atoms with E-state index in [1.165, 1.54) is 18.2 Å². The minimum atomic E-state index is -0.913. The van der Waals surface area contributed by atoms with E-state index in [1.54, 1.807) is 36.4 Å². The van der Waals surface area contributed by atoms with E-state index in [9.17, 15) is 13.2 Å². The van der Waals surface area contributed by atoms with Gasteiger partial charge in [-0.2, -0.15) is 0 Å². The van der Waals surface area contributed by atoms with E-state index in [4.69, 9.17) is 0 Å². The molecule has 0 aliphatic heterocycles. The Morgan fingerprint density at radius 3 is 1.94 bits per heavy atom. The molecule has 0 aliphatic carbocycles. The average molecular weight is 433 g/mol. The molecule has 0 radical (unpaired) electrons. The first kappa shape index (κ1) is 23.3. The van der Waals surface area contributed by atoms with Gasteiger partial charge < -0.3 is 0 Å². The third-order valence-electron chi connectivity index (χ3n) is 5.38. The summed E-state index contributed by atoms with van der Waals surface area (Å²) in [6.07, 6.45) is 8.90. The molecule has 0 amide bonds. The summed E-state index contributed by atoms with van der Waals surface area (Å²) in [4.78, 5) is 0. The second-order valence-electron chi connectivity index (χ2n) is 7.64. The van der Waals surface area contributed by atoms with Gasteiger partial charge in [-0.25, -0.2) is 13.2 Å². The van der Waals surface area contributed by atoms with E-state index in [0.29, 0.717) is 24.0 Å². The van der Waals surface area contributed by atoms with Crippen LogP contribution >= 0.6 is 0 Å².